The van der Waals surface area contributed by atoms with Gasteiger partial charge in [0.1, 0.15) is 0 Å². The summed E-state index contributed by atoms with van der Waals surface area (Å²) in [5.74, 6) is -1.06. The molecule has 166 valence electrons. The van der Waals surface area contributed by atoms with E-state index in [4.69, 9.17) is 5.11 Å². The molecule has 0 rings (SSSR count). The minimum absolute atomic E-state index is 0.107. The van der Waals surface area contributed by atoms with Gasteiger partial charge in [0, 0.05) is 0 Å². The van der Waals surface area contributed by atoms with Gasteiger partial charge in [-0.25, -0.2) is 0 Å². The lowest BCUT2D eigenvalue weighted by atomic mass is 9.60. The lowest BCUT2D eigenvalue weighted by Crippen LogP contribution is -2.45. The van der Waals surface area contributed by atoms with Crippen LogP contribution in [0.4, 0.5) is 0 Å². The molecule has 3 unspecified atom stereocenters. The van der Waals surface area contributed by atoms with Crippen LogP contribution in [-0.4, -0.2) is 22.2 Å². The average molecular weight is 399 g/mol. The van der Waals surface area contributed by atoms with Gasteiger partial charge >= 0.3 is 11.9 Å². The lowest BCUT2D eigenvalue weighted by Gasteiger charge is -2.43. The highest BCUT2D eigenvalue weighted by atomic mass is 16.4. The Labute approximate surface area is 173 Å². The highest BCUT2D eigenvalue weighted by molar-refractivity contribution is 5.75. The molecule has 0 aromatic rings. The minimum Gasteiger partial charge on any atom is -0.481 e. The maximum Gasteiger partial charge on any atom is 0.310 e. The third kappa shape index (κ3) is 8.53. The maximum absolute atomic E-state index is 12.5. The van der Waals surface area contributed by atoms with Crippen molar-refractivity contribution < 1.29 is 19.8 Å². The third-order valence-electron chi connectivity index (χ3n) is 6.66. The molecule has 0 aliphatic rings. The Kier molecular flexibility index (Phi) is 13.5. The second kappa shape index (κ2) is 14.0. The average Bonchev–Trinajstić information content (AvgIpc) is 2.60. The first-order valence-corrected chi connectivity index (χ1v) is 11.6. The van der Waals surface area contributed by atoms with Crippen molar-refractivity contribution in [3.63, 3.8) is 0 Å². The monoisotopic (exact) mass is 398 g/mol. The molecular weight excluding hydrogens is 352 g/mol. The molecule has 0 aliphatic carbocycles. The van der Waals surface area contributed by atoms with E-state index >= 15 is 0 Å². The van der Waals surface area contributed by atoms with Gasteiger partial charge in [0.2, 0.25) is 0 Å². The van der Waals surface area contributed by atoms with Crippen LogP contribution in [-0.2, 0) is 9.59 Å². The van der Waals surface area contributed by atoms with Crippen LogP contribution in [0.5, 0.6) is 0 Å². The molecule has 4 heteroatoms. The summed E-state index contributed by atoms with van der Waals surface area (Å²) in [5, 5.41) is 19.3. The molecule has 0 spiro atoms. The maximum atomic E-state index is 12.5. The van der Waals surface area contributed by atoms with Crippen LogP contribution >= 0.6 is 0 Å². The predicted molar refractivity (Wildman–Crippen MR) is 116 cm³/mol. The standard InChI is InChI=1S/C24H46O4/c1-7-8-9-10-14-17-24(19(4)5,23(27)28)21(18(2)3)16-13-11-12-15-20(6)22(25)26/h18-21H,7-17H2,1-6H3,(H,25,26)(H,27,28). The van der Waals surface area contributed by atoms with Crippen LogP contribution < -0.4 is 0 Å². The third-order valence-corrected chi connectivity index (χ3v) is 6.66. The zero-order chi connectivity index (χ0) is 21.7. The number of unbranched alkanes of at least 4 members (excludes halogenated alkanes) is 6. The van der Waals surface area contributed by atoms with Gasteiger partial charge in [-0.3, -0.25) is 9.59 Å². The first-order valence-electron chi connectivity index (χ1n) is 11.6. The molecular formula is C24H46O4. The molecule has 0 fully saturated rings. The normalized spacial score (nSPS) is 16.1. The molecule has 0 amide bonds. The topological polar surface area (TPSA) is 74.6 Å². The first kappa shape index (κ1) is 26.9. The molecule has 28 heavy (non-hydrogen) atoms. The van der Waals surface area contributed by atoms with Crippen molar-refractivity contribution >= 4 is 11.9 Å². The van der Waals surface area contributed by atoms with Crippen molar-refractivity contribution in [3.05, 3.63) is 0 Å². The van der Waals surface area contributed by atoms with Gasteiger partial charge in [0.25, 0.3) is 0 Å². The zero-order valence-electron chi connectivity index (χ0n) is 19.3. The highest BCUT2D eigenvalue weighted by Crippen LogP contribution is 2.47. The van der Waals surface area contributed by atoms with Crippen molar-refractivity contribution in [2.45, 2.75) is 112 Å². The Hall–Kier alpha value is -1.06. The molecule has 0 heterocycles. The Morgan fingerprint density at radius 2 is 1.32 bits per heavy atom. The van der Waals surface area contributed by atoms with Gasteiger partial charge in [-0.2, -0.15) is 0 Å². The van der Waals surface area contributed by atoms with Crippen LogP contribution in [0, 0.1) is 29.1 Å². The van der Waals surface area contributed by atoms with E-state index in [1.807, 2.05) is 0 Å². The SMILES string of the molecule is CCCCCCCC(C(=O)O)(C(C)C)C(CCCCCC(C)C(=O)O)C(C)C. The van der Waals surface area contributed by atoms with Gasteiger partial charge in [-0.05, 0) is 37.0 Å². The minimum atomic E-state index is -0.729. The molecule has 0 radical (unpaired) electrons. The van der Waals surface area contributed by atoms with Gasteiger partial charge in [0.05, 0.1) is 11.3 Å². The second-order valence-corrected chi connectivity index (χ2v) is 9.39. The zero-order valence-corrected chi connectivity index (χ0v) is 19.3. The number of hydrogen-bond donors (Lipinski definition) is 2. The Morgan fingerprint density at radius 3 is 1.79 bits per heavy atom. The molecule has 0 saturated carbocycles. The summed E-state index contributed by atoms with van der Waals surface area (Å²) in [7, 11) is 0. The summed E-state index contributed by atoms with van der Waals surface area (Å²) in [6.45, 7) is 12.4. The fourth-order valence-electron chi connectivity index (χ4n) is 4.74. The molecule has 4 nitrogen and oxygen atoms in total. The van der Waals surface area contributed by atoms with E-state index in [9.17, 15) is 14.7 Å². The van der Waals surface area contributed by atoms with Gasteiger partial charge in [0.15, 0.2) is 0 Å². The van der Waals surface area contributed by atoms with Crippen LogP contribution in [0.2, 0.25) is 0 Å². The molecule has 0 aromatic carbocycles. The van der Waals surface area contributed by atoms with Crippen molar-refractivity contribution in [2.75, 3.05) is 0 Å². The van der Waals surface area contributed by atoms with E-state index in [2.05, 4.69) is 34.6 Å². The van der Waals surface area contributed by atoms with Crippen LogP contribution in [0.3, 0.4) is 0 Å². The predicted octanol–water partition coefficient (Wildman–Crippen LogP) is 7.02. The Balaban J connectivity index is 4.99. The highest BCUT2D eigenvalue weighted by Gasteiger charge is 2.48. The Bertz CT molecular complexity index is 444. The molecule has 0 bridgehead atoms. The summed E-state index contributed by atoms with van der Waals surface area (Å²) in [5.41, 5.74) is -0.658. The van der Waals surface area contributed by atoms with Crippen molar-refractivity contribution in [2.24, 2.45) is 29.1 Å². The molecule has 0 aromatic heterocycles. The van der Waals surface area contributed by atoms with E-state index < -0.39 is 17.4 Å². The molecule has 0 aliphatic heterocycles. The number of carboxylic acid groups (broad SMARTS) is 2. The lowest BCUT2D eigenvalue weighted by molar-refractivity contribution is -0.160. The fraction of sp³-hybridized carbons (Fsp3) is 0.917. The van der Waals surface area contributed by atoms with Crippen molar-refractivity contribution in [1.82, 2.24) is 0 Å². The smallest absolute Gasteiger partial charge is 0.310 e. The number of carbonyl (C=O) groups is 2. The van der Waals surface area contributed by atoms with Crippen molar-refractivity contribution in [3.8, 4) is 0 Å². The summed E-state index contributed by atoms with van der Waals surface area (Å²) in [4.78, 5) is 23.5. The first-order chi connectivity index (χ1) is 13.1. The summed E-state index contributed by atoms with van der Waals surface area (Å²) >= 11 is 0. The number of aliphatic carboxylic acids is 2. The summed E-state index contributed by atoms with van der Waals surface area (Å²) in [6, 6.07) is 0. The molecule has 2 N–H and O–H groups in total. The van der Waals surface area contributed by atoms with E-state index in [1.165, 1.54) is 19.3 Å². The van der Waals surface area contributed by atoms with Crippen LogP contribution in [0.1, 0.15) is 112 Å². The number of carboxylic acids is 2. The molecule has 0 saturated heterocycles. The number of hydrogen-bond acceptors (Lipinski definition) is 2. The summed E-state index contributed by atoms with van der Waals surface area (Å²) in [6.07, 6.45) is 11.0. The van der Waals surface area contributed by atoms with Crippen molar-refractivity contribution in [1.29, 1.82) is 0 Å². The molecule has 3 atom stereocenters. The summed E-state index contributed by atoms with van der Waals surface area (Å²) < 4.78 is 0. The van der Waals surface area contributed by atoms with E-state index in [0.29, 0.717) is 12.3 Å². The second-order valence-electron chi connectivity index (χ2n) is 9.39. The van der Waals surface area contributed by atoms with Crippen LogP contribution in [0.15, 0.2) is 0 Å². The quantitative estimate of drug-likeness (QED) is 0.258. The van der Waals surface area contributed by atoms with Gasteiger partial charge < -0.3 is 10.2 Å². The van der Waals surface area contributed by atoms with E-state index in [0.717, 1.165) is 44.9 Å². The van der Waals surface area contributed by atoms with Gasteiger partial charge in [-0.1, -0.05) is 92.9 Å². The fourth-order valence-corrected chi connectivity index (χ4v) is 4.74. The van der Waals surface area contributed by atoms with Gasteiger partial charge in [-0.15, -0.1) is 0 Å². The van der Waals surface area contributed by atoms with E-state index in [-0.39, 0.29) is 17.8 Å². The Morgan fingerprint density at radius 1 is 0.786 bits per heavy atom. The van der Waals surface area contributed by atoms with Crippen LogP contribution in [0.25, 0.3) is 0 Å². The number of rotatable bonds is 17. The van der Waals surface area contributed by atoms with E-state index in [1.54, 1.807) is 6.92 Å². The largest absolute Gasteiger partial charge is 0.481 e.